The molecular formula is C14H18ClNO2. The molecule has 1 aliphatic carbocycles. The van der Waals surface area contributed by atoms with E-state index in [1.807, 2.05) is 13.0 Å². The smallest absolute Gasteiger partial charge is 0.253 e. The van der Waals surface area contributed by atoms with Crippen molar-refractivity contribution in [3.05, 3.63) is 34.3 Å². The molecule has 4 heteroatoms. The van der Waals surface area contributed by atoms with Gasteiger partial charge in [0.25, 0.3) is 5.91 Å². The predicted octanol–water partition coefficient (Wildman–Crippen LogP) is 2.49. The summed E-state index contributed by atoms with van der Waals surface area (Å²) in [6, 6.07) is 5.37. The summed E-state index contributed by atoms with van der Waals surface area (Å²) in [6.07, 6.45) is 1.42. The summed E-state index contributed by atoms with van der Waals surface area (Å²) in [5, 5.41) is 9.85. The largest absolute Gasteiger partial charge is 0.393 e. The Balaban J connectivity index is 1.99. The highest BCUT2D eigenvalue weighted by Crippen LogP contribution is 2.28. The number of aryl methyl sites for hydroxylation is 1. The predicted molar refractivity (Wildman–Crippen MR) is 71.9 cm³/mol. The molecule has 1 aromatic rings. The van der Waals surface area contributed by atoms with Gasteiger partial charge < -0.3 is 10.0 Å². The summed E-state index contributed by atoms with van der Waals surface area (Å²) in [4.78, 5) is 13.9. The van der Waals surface area contributed by atoms with Gasteiger partial charge in [-0.05, 0) is 43.4 Å². The summed E-state index contributed by atoms with van der Waals surface area (Å²) in [5.74, 6) is 0.410. The van der Waals surface area contributed by atoms with E-state index in [1.54, 1.807) is 24.1 Å². The Morgan fingerprint density at radius 3 is 2.72 bits per heavy atom. The average Bonchev–Trinajstić information content (AvgIpc) is 2.29. The lowest BCUT2D eigenvalue weighted by atomic mass is 9.82. The van der Waals surface area contributed by atoms with Gasteiger partial charge >= 0.3 is 0 Å². The molecule has 18 heavy (non-hydrogen) atoms. The Morgan fingerprint density at radius 1 is 1.50 bits per heavy atom. The fourth-order valence-electron chi connectivity index (χ4n) is 2.27. The van der Waals surface area contributed by atoms with Crippen molar-refractivity contribution in [2.75, 3.05) is 13.6 Å². The van der Waals surface area contributed by atoms with Crippen LogP contribution in [-0.4, -0.2) is 35.6 Å². The summed E-state index contributed by atoms with van der Waals surface area (Å²) >= 11 is 6.02. The van der Waals surface area contributed by atoms with Crippen LogP contribution >= 0.6 is 11.6 Å². The summed E-state index contributed by atoms with van der Waals surface area (Å²) in [5.41, 5.74) is 1.59. The van der Waals surface area contributed by atoms with Crippen LogP contribution in [-0.2, 0) is 0 Å². The second kappa shape index (κ2) is 5.29. The number of nitrogens with zero attached hydrogens (tertiary/aromatic N) is 1. The van der Waals surface area contributed by atoms with Crippen molar-refractivity contribution < 1.29 is 9.90 Å². The summed E-state index contributed by atoms with van der Waals surface area (Å²) in [7, 11) is 1.79. The van der Waals surface area contributed by atoms with Crippen molar-refractivity contribution in [3.63, 3.8) is 0 Å². The number of hydrogen-bond acceptors (Lipinski definition) is 2. The molecule has 0 bridgehead atoms. The van der Waals surface area contributed by atoms with E-state index < -0.39 is 0 Å². The number of benzene rings is 1. The molecule has 1 amide bonds. The van der Waals surface area contributed by atoms with Crippen molar-refractivity contribution in [2.45, 2.75) is 25.9 Å². The first-order valence-electron chi connectivity index (χ1n) is 6.17. The van der Waals surface area contributed by atoms with Crippen LogP contribution in [0.25, 0.3) is 0 Å². The Hall–Kier alpha value is -1.06. The first-order chi connectivity index (χ1) is 8.47. The van der Waals surface area contributed by atoms with E-state index in [4.69, 9.17) is 11.6 Å². The molecule has 0 atom stereocenters. The third-order valence-corrected chi connectivity index (χ3v) is 3.92. The molecule has 2 rings (SSSR count). The zero-order valence-electron chi connectivity index (χ0n) is 10.7. The molecule has 0 saturated heterocycles. The highest BCUT2D eigenvalue weighted by molar-refractivity contribution is 6.31. The molecule has 1 N–H and O–H groups in total. The van der Waals surface area contributed by atoms with Crippen LogP contribution in [0.2, 0.25) is 5.02 Å². The van der Waals surface area contributed by atoms with Crippen molar-refractivity contribution in [1.29, 1.82) is 0 Å². The molecule has 0 aliphatic heterocycles. The number of carbonyl (C=O) groups is 1. The fourth-order valence-corrected chi connectivity index (χ4v) is 2.45. The van der Waals surface area contributed by atoms with Gasteiger partial charge in [-0.2, -0.15) is 0 Å². The zero-order chi connectivity index (χ0) is 13.3. The molecule has 0 heterocycles. The molecule has 1 saturated carbocycles. The van der Waals surface area contributed by atoms with Crippen molar-refractivity contribution >= 4 is 17.5 Å². The van der Waals surface area contributed by atoms with E-state index in [0.717, 1.165) is 18.4 Å². The van der Waals surface area contributed by atoms with E-state index in [1.165, 1.54) is 0 Å². The van der Waals surface area contributed by atoms with E-state index >= 15 is 0 Å². The van der Waals surface area contributed by atoms with Crippen molar-refractivity contribution in [3.8, 4) is 0 Å². The van der Waals surface area contributed by atoms with Gasteiger partial charge in [0.1, 0.15) is 0 Å². The van der Waals surface area contributed by atoms with Gasteiger partial charge in [-0.1, -0.05) is 17.7 Å². The highest BCUT2D eigenvalue weighted by atomic mass is 35.5. The molecule has 3 nitrogen and oxygen atoms in total. The maximum Gasteiger partial charge on any atom is 0.253 e. The van der Waals surface area contributed by atoms with Crippen molar-refractivity contribution in [1.82, 2.24) is 4.90 Å². The third-order valence-electron chi connectivity index (χ3n) is 3.51. The third kappa shape index (κ3) is 2.85. The number of aliphatic hydroxyl groups excluding tert-OH is 1. The van der Waals surface area contributed by atoms with Crippen LogP contribution < -0.4 is 0 Å². The second-order valence-corrected chi connectivity index (χ2v) is 5.55. The standard InChI is InChI=1S/C14H18ClNO2/c1-9-3-4-11(7-13(9)15)14(18)16(2)8-10-5-12(17)6-10/h3-4,7,10,12,17H,5-6,8H2,1-2H3. The molecule has 0 aromatic heterocycles. The minimum absolute atomic E-state index is 0.0155. The lowest BCUT2D eigenvalue weighted by Gasteiger charge is -2.34. The summed E-state index contributed by atoms with van der Waals surface area (Å²) < 4.78 is 0. The number of carbonyl (C=O) groups excluding carboxylic acids is 1. The van der Waals surface area contributed by atoms with Gasteiger partial charge in [-0.3, -0.25) is 4.79 Å². The molecule has 0 unspecified atom stereocenters. The minimum Gasteiger partial charge on any atom is -0.393 e. The van der Waals surface area contributed by atoms with Crippen LogP contribution in [0.3, 0.4) is 0 Å². The van der Waals surface area contributed by atoms with Crippen LogP contribution in [0.15, 0.2) is 18.2 Å². The van der Waals surface area contributed by atoms with E-state index in [0.29, 0.717) is 23.0 Å². The lowest BCUT2D eigenvalue weighted by molar-refractivity contribution is 0.0265. The second-order valence-electron chi connectivity index (χ2n) is 5.14. The van der Waals surface area contributed by atoms with Gasteiger partial charge in [-0.25, -0.2) is 0 Å². The monoisotopic (exact) mass is 267 g/mol. The van der Waals surface area contributed by atoms with Gasteiger partial charge in [0, 0.05) is 24.2 Å². The molecule has 98 valence electrons. The molecule has 1 aliphatic rings. The fraction of sp³-hybridized carbons (Fsp3) is 0.500. The van der Waals surface area contributed by atoms with E-state index in [-0.39, 0.29) is 12.0 Å². The Bertz CT molecular complexity index is 455. The van der Waals surface area contributed by atoms with Crippen LogP contribution in [0.5, 0.6) is 0 Å². The first-order valence-corrected chi connectivity index (χ1v) is 6.55. The normalized spacial score (nSPS) is 22.4. The first kappa shape index (κ1) is 13.4. The topological polar surface area (TPSA) is 40.5 Å². The van der Waals surface area contributed by atoms with Gasteiger partial charge in [-0.15, -0.1) is 0 Å². The zero-order valence-corrected chi connectivity index (χ0v) is 11.4. The number of halogens is 1. The van der Waals surface area contributed by atoms with Crippen molar-refractivity contribution in [2.24, 2.45) is 5.92 Å². The van der Waals surface area contributed by atoms with Crippen LogP contribution in [0.1, 0.15) is 28.8 Å². The van der Waals surface area contributed by atoms with Crippen LogP contribution in [0.4, 0.5) is 0 Å². The Labute approximate surface area is 112 Å². The molecule has 0 spiro atoms. The van der Waals surface area contributed by atoms with Gasteiger partial charge in [0.05, 0.1) is 6.10 Å². The maximum atomic E-state index is 12.2. The average molecular weight is 268 g/mol. The van der Waals surface area contributed by atoms with Gasteiger partial charge in [0.15, 0.2) is 0 Å². The lowest BCUT2D eigenvalue weighted by Crippen LogP contribution is -2.39. The molecule has 1 aromatic carbocycles. The van der Waals surface area contributed by atoms with Gasteiger partial charge in [0.2, 0.25) is 0 Å². The number of rotatable bonds is 3. The molecular weight excluding hydrogens is 250 g/mol. The SMILES string of the molecule is Cc1ccc(C(=O)N(C)CC2CC(O)C2)cc1Cl. The number of aliphatic hydroxyl groups is 1. The molecule has 1 fully saturated rings. The Kier molecular flexibility index (Phi) is 3.93. The summed E-state index contributed by atoms with van der Waals surface area (Å²) in [6.45, 7) is 2.61. The number of amides is 1. The molecule has 0 radical (unpaired) electrons. The maximum absolute atomic E-state index is 12.2. The Morgan fingerprint density at radius 2 is 2.17 bits per heavy atom. The number of hydrogen-bond donors (Lipinski definition) is 1. The van der Waals surface area contributed by atoms with Crippen LogP contribution in [0, 0.1) is 12.8 Å². The van der Waals surface area contributed by atoms with E-state index in [2.05, 4.69) is 0 Å². The highest BCUT2D eigenvalue weighted by Gasteiger charge is 2.29. The quantitative estimate of drug-likeness (QED) is 0.914. The minimum atomic E-state index is -0.174. The van der Waals surface area contributed by atoms with E-state index in [9.17, 15) is 9.90 Å².